The fraction of sp³-hybridized carbons (Fsp3) is 0.367. The van der Waals surface area contributed by atoms with E-state index >= 15 is 0 Å². The summed E-state index contributed by atoms with van der Waals surface area (Å²) in [4.78, 5) is 17.7. The first-order chi connectivity index (χ1) is 18.4. The van der Waals surface area contributed by atoms with Crippen LogP contribution in [0.2, 0.25) is 0 Å². The number of rotatable bonds is 7. The fourth-order valence-corrected chi connectivity index (χ4v) is 7.20. The monoisotopic (exact) mass is 535 g/mol. The third-order valence-corrected chi connectivity index (χ3v) is 9.54. The maximum absolute atomic E-state index is 14.0. The standard InChI is InChI=1S/C30H34FN3O3S/c31-28-14-8-7-13-27(28)23-38(36,37)34-17-15-26(16-18-34)30(35)33-21-19-32(20-22-33)29(24-9-3-1-4-10-24)25-11-5-2-6-12-25/h1-14,26,29H,15-23H2. The van der Waals surface area contributed by atoms with Gasteiger partial charge in [0, 0.05) is 50.7 Å². The molecule has 2 heterocycles. The molecular formula is C30H34FN3O3S. The Balaban J connectivity index is 1.17. The van der Waals surface area contributed by atoms with Crippen LogP contribution in [-0.2, 0) is 20.6 Å². The van der Waals surface area contributed by atoms with Gasteiger partial charge in [-0.05, 0) is 30.0 Å². The predicted octanol–water partition coefficient (Wildman–Crippen LogP) is 4.30. The Hall–Kier alpha value is -3.07. The molecule has 5 rings (SSSR count). The van der Waals surface area contributed by atoms with E-state index in [0.29, 0.717) is 25.9 Å². The summed E-state index contributed by atoms with van der Waals surface area (Å²) < 4.78 is 41.2. The number of halogens is 1. The average Bonchev–Trinajstić information content (AvgIpc) is 2.96. The third kappa shape index (κ3) is 5.98. The van der Waals surface area contributed by atoms with Crippen molar-refractivity contribution < 1.29 is 17.6 Å². The minimum atomic E-state index is -3.64. The number of carbonyl (C=O) groups is 1. The molecule has 0 bridgehead atoms. The lowest BCUT2D eigenvalue weighted by Crippen LogP contribution is -2.52. The van der Waals surface area contributed by atoms with Crippen molar-refractivity contribution in [1.82, 2.24) is 14.1 Å². The van der Waals surface area contributed by atoms with Gasteiger partial charge < -0.3 is 4.90 Å². The second kappa shape index (κ2) is 11.8. The molecule has 0 aliphatic carbocycles. The second-order valence-corrected chi connectivity index (χ2v) is 12.1. The van der Waals surface area contributed by atoms with Crippen LogP contribution < -0.4 is 0 Å². The van der Waals surface area contributed by atoms with E-state index in [0.717, 1.165) is 13.1 Å². The van der Waals surface area contributed by atoms with Gasteiger partial charge in [0.05, 0.1) is 11.8 Å². The molecule has 0 unspecified atom stereocenters. The van der Waals surface area contributed by atoms with Gasteiger partial charge in [0.1, 0.15) is 5.82 Å². The Morgan fingerprint density at radius 3 is 1.84 bits per heavy atom. The Labute approximate surface area is 224 Å². The molecule has 3 aromatic rings. The largest absolute Gasteiger partial charge is 0.340 e. The van der Waals surface area contributed by atoms with Gasteiger partial charge in [-0.2, -0.15) is 0 Å². The van der Waals surface area contributed by atoms with Crippen LogP contribution >= 0.6 is 0 Å². The summed E-state index contributed by atoms with van der Waals surface area (Å²) >= 11 is 0. The van der Waals surface area contributed by atoms with Crippen molar-refractivity contribution in [1.29, 1.82) is 0 Å². The Bertz CT molecular complexity index is 1280. The van der Waals surface area contributed by atoms with Crippen LogP contribution in [0.15, 0.2) is 84.9 Å². The number of piperazine rings is 1. The van der Waals surface area contributed by atoms with Gasteiger partial charge in [-0.3, -0.25) is 9.69 Å². The molecule has 0 aromatic heterocycles. The van der Waals surface area contributed by atoms with Crippen LogP contribution in [-0.4, -0.2) is 67.7 Å². The molecule has 2 aliphatic heterocycles. The molecule has 2 saturated heterocycles. The molecule has 0 saturated carbocycles. The van der Waals surface area contributed by atoms with Crippen LogP contribution in [0.1, 0.15) is 35.6 Å². The zero-order chi connectivity index (χ0) is 26.5. The van der Waals surface area contributed by atoms with Gasteiger partial charge in [0.25, 0.3) is 0 Å². The summed E-state index contributed by atoms with van der Waals surface area (Å²) in [5, 5.41) is 0. The molecule has 2 aliphatic rings. The summed E-state index contributed by atoms with van der Waals surface area (Å²) in [5.41, 5.74) is 2.65. The van der Waals surface area contributed by atoms with E-state index in [1.807, 2.05) is 17.0 Å². The lowest BCUT2D eigenvalue weighted by Gasteiger charge is -2.41. The summed E-state index contributed by atoms with van der Waals surface area (Å²) in [7, 11) is -3.64. The normalized spacial score (nSPS) is 18.1. The van der Waals surface area contributed by atoms with Gasteiger partial charge in [0.15, 0.2) is 0 Å². The first-order valence-corrected chi connectivity index (χ1v) is 14.9. The molecule has 200 valence electrons. The lowest BCUT2D eigenvalue weighted by atomic mass is 9.95. The number of nitrogens with zero attached hydrogens (tertiary/aromatic N) is 3. The first-order valence-electron chi connectivity index (χ1n) is 13.3. The summed E-state index contributed by atoms with van der Waals surface area (Å²) in [6.07, 6.45) is 0.985. The number of amides is 1. The maximum Gasteiger partial charge on any atom is 0.225 e. The molecule has 0 radical (unpaired) electrons. The Morgan fingerprint density at radius 2 is 1.29 bits per heavy atom. The van der Waals surface area contributed by atoms with E-state index in [1.54, 1.807) is 12.1 Å². The van der Waals surface area contributed by atoms with E-state index < -0.39 is 15.8 Å². The SMILES string of the molecule is O=C(C1CCN(S(=O)(=O)Cc2ccccc2F)CC1)N1CCN(C(c2ccccc2)c2ccccc2)CC1. The molecule has 1 amide bonds. The zero-order valence-electron chi connectivity index (χ0n) is 21.5. The minimum absolute atomic E-state index is 0.117. The molecule has 0 N–H and O–H groups in total. The Kier molecular flexibility index (Phi) is 8.21. The van der Waals surface area contributed by atoms with Crippen LogP contribution in [0.25, 0.3) is 0 Å². The van der Waals surface area contributed by atoms with Gasteiger partial charge in [-0.1, -0.05) is 78.9 Å². The molecule has 38 heavy (non-hydrogen) atoms. The third-order valence-electron chi connectivity index (χ3n) is 7.71. The van der Waals surface area contributed by atoms with Crippen molar-refractivity contribution in [2.75, 3.05) is 39.3 Å². The van der Waals surface area contributed by atoms with Crippen LogP contribution in [0.5, 0.6) is 0 Å². The van der Waals surface area contributed by atoms with E-state index in [1.165, 1.54) is 27.6 Å². The molecular weight excluding hydrogens is 501 g/mol. The van der Waals surface area contributed by atoms with Gasteiger partial charge in [-0.25, -0.2) is 17.1 Å². The zero-order valence-corrected chi connectivity index (χ0v) is 22.3. The average molecular weight is 536 g/mol. The van der Waals surface area contributed by atoms with Crippen LogP contribution in [0, 0.1) is 11.7 Å². The predicted molar refractivity (Wildman–Crippen MR) is 146 cm³/mol. The van der Waals surface area contributed by atoms with Crippen molar-refractivity contribution in [2.45, 2.75) is 24.6 Å². The van der Waals surface area contributed by atoms with E-state index in [9.17, 15) is 17.6 Å². The topological polar surface area (TPSA) is 60.9 Å². The number of hydrogen-bond acceptors (Lipinski definition) is 4. The fourth-order valence-electron chi connectivity index (χ4n) is 5.63. The summed E-state index contributed by atoms with van der Waals surface area (Å²) in [6.45, 7) is 3.43. The molecule has 0 spiro atoms. The number of hydrogen-bond donors (Lipinski definition) is 0. The summed E-state index contributed by atoms with van der Waals surface area (Å²) in [5.74, 6) is -0.932. The van der Waals surface area contributed by atoms with Crippen molar-refractivity contribution in [3.8, 4) is 0 Å². The quantitative estimate of drug-likeness (QED) is 0.453. The van der Waals surface area contributed by atoms with Crippen LogP contribution in [0.4, 0.5) is 4.39 Å². The Morgan fingerprint density at radius 1 is 0.763 bits per heavy atom. The number of sulfonamides is 1. The molecule has 2 fully saturated rings. The highest BCUT2D eigenvalue weighted by Crippen LogP contribution is 2.30. The van der Waals surface area contributed by atoms with E-state index in [4.69, 9.17) is 0 Å². The molecule has 0 atom stereocenters. The van der Waals surface area contributed by atoms with E-state index in [-0.39, 0.29) is 42.3 Å². The number of piperidine rings is 1. The number of benzene rings is 3. The van der Waals surface area contributed by atoms with Crippen molar-refractivity contribution in [2.24, 2.45) is 5.92 Å². The molecule has 6 nitrogen and oxygen atoms in total. The lowest BCUT2D eigenvalue weighted by molar-refractivity contribution is -0.138. The smallest absolute Gasteiger partial charge is 0.225 e. The highest BCUT2D eigenvalue weighted by atomic mass is 32.2. The highest BCUT2D eigenvalue weighted by molar-refractivity contribution is 7.88. The molecule has 8 heteroatoms. The first kappa shape index (κ1) is 26.5. The maximum atomic E-state index is 14.0. The second-order valence-electron chi connectivity index (χ2n) is 10.1. The van der Waals surface area contributed by atoms with E-state index in [2.05, 4.69) is 53.4 Å². The number of carbonyl (C=O) groups excluding carboxylic acids is 1. The van der Waals surface area contributed by atoms with Crippen molar-refractivity contribution >= 4 is 15.9 Å². The van der Waals surface area contributed by atoms with Gasteiger partial charge in [0.2, 0.25) is 15.9 Å². The molecule has 3 aromatic carbocycles. The summed E-state index contributed by atoms with van der Waals surface area (Å²) in [6, 6.07) is 27.0. The highest BCUT2D eigenvalue weighted by Gasteiger charge is 2.35. The van der Waals surface area contributed by atoms with Crippen molar-refractivity contribution in [3.63, 3.8) is 0 Å². The van der Waals surface area contributed by atoms with Crippen LogP contribution in [0.3, 0.4) is 0 Å². The minimum Gasteiger partial charge on any atom is -0.340 e. The van der Waals surface area contributed by atoms with Crippen molar-refractivity contribution in [3.05, 3.63) is 107 Å². The van der Waals surface area contributed by atoms with Gasteiger partial charge in [-0.15, -0.1) is 0 Å². The van der Waals surface area contributed by atoms with Gasteiger partial charge >= 0.3 is 0 Å².